The topological polar surface area (TPSA) is 17.8 Å². The van der Waals surface area contributed by atoms with E-state index in [-0.39, 0.29) is 0 Å². The van der Waals surface area contributed by atoms with Gasteiger partial charge in [-0.25, -0.2) is 0 Å². The molecule has 0 saturated heterocycles. The van der Waals surface area contributed by atoms with Crippen LogP contribution in [0.2, 0.25) is 0 Å². The number of hydrogen-bond acceptors (Lipinski definition) is 1. The van der Waals surface area contributed by atoms with E-state index in [0.29, 0.717) is 0 Å². The van der Waals surface area contributed by atoms with Gasteiger partial charge in [0, 0.05) is 12.2 Å². The number of hydrogen-bond donors (Lipinski definition) is 0. The minimum absolute atomic E-state index is 1.09. The van der Waals surface area contributed by atoms with Gasteiger partial charge in [0.2, 0.25) is 0 Å². The van der Waals surface area contributed by atoms with Crippen LogP contribution in [0, 0.1) is 13.8 Å². The molecule has 1 aromatic heterocycles. The van der Waals surface area contributed by atoms with Crippen LogP contribution in [0.1, 0.15) is 76.1 Å². The molecule has 0 unspecified atom stereocenters. The van der Waals surface area contributed by atoms with Crippen molar-refractivity contribution in [1.29, 1.82) is 0 Å². The summed E-state index contributed by atoms with van der Waals surface area (Å²) in [4.78, 5) is 0. The van der Waals surface area contributed by atoms with Crippen LogP contribution >= 0.6 is 0 Å². The van der Waals surface area contributed by atoms with Crippen molar-refractivity contribution in [3.8, 4) is 0 Å². The SMILES string of the molecule is CCCCCCCCCCCn1nc(C)cc1C. The Hall–Kier alpha value is -0.790. The largest absolute Gasteiger partial charge is 0.270 e. The summed E-state index contributed by atoms with van der Waals surface area (Å²) in [7, 11) is 0. The van der Waals surface area contributed by atoms with Crippen LogP contribution in [0.4, 0.5) is 0 Å². The van der Waals surface area contributed by atoms with Crippen molar-refractivity contribution in [2.24, 2.45) is 0 Å². The summed E-state index contributed by atoms with van der Waals surface area (Å²) in [5.74, 6) is 0. The van der Waals surface area contributed by atoms with Gasteiger partial charge in [-0.05, 0) is 26.3 Å². The zero-order valence-electron chi connectivity index (χ0n) is 12.5. The molecule has 0 saturated carbocycles. The second kappa shape index (κ2) is 9.18. The zero-order chi connectivity index (χ0) is 13.2. The highest BCUT2D eigenvalue weighted by Crippen LogP contribution is 2.10. The molecule has 1 aromatic rings. The summed E-state index contributed by atoms with van der Waals surface area (Å²) in [6, 6.07) is 2.16. The minimum Gasteiger partial charge on any atom is -0.270 e. The summed E-state index contributed by atoms with van der Waals surface area (Å²) in [6.07, 6.45) is 12.5. The fourth-order valence-corrected chi connectivity index (χ4v) is 2.47. The maximum atomic E-state index is 4.49. The molecular weight excluding hydrogens is 220 g/mol. The Kier molecular flexibility index (Phi) is 7.79. The summed E-state index contributed by atoms with van der Waals surface area (Å²) in [5, 5.41) is 4.49. The third-order valence-electron chi connectivity index (χ3n) is 3.58. The van der Waals surface area contributed by atoms with Crippen LogP contribution in [0.5, 0.6) is 0 Å². The van der Waals surface area contributed by atoms with E-state index in [0.717, 1.165) is 12.2 Å². The Morgan fingerprint density at radius 1 is 0.889 bits per heavy atom. The van der Waals surface area contributed by atoms with Gasteiger partial charge in [-0.3, -0.25) is 4.68 Å². The fraction of sp³-hybridized carbons (Fsp3) is 0.812. The Morgan fingerprint density at radius 2 is 1.44 bits per heavy atom. The van der Waals surface area contributed by atoms with E-state index in [4.69, 9.17) is 0 Å². The van der Waals surface area contributed by atoms with Crippen LogP contribution in [-0.2, 0) is 6.54 Å². The fourth-order valence-electron chi connectivity index (χ4n) is 2.47. The molecular formula is C16H30N2. The second-order valence-electron chi connectivity index (χ2n) is 5.48. The number of rotatable bonds is 10. The molecule has 0 N–H and O–H groups in total. The number of aryl methyl sites for hydroxylation is 3. The van der Waals surface area contributed by atoms with Crippen molar-refractivity contribution in [2.45, 2.75) is 85.1 Å². The van der Waals surface area contributed by atoms with E-state index < -0.39 is 0 Å². The highest BCUT2D eigenvalue weighted by Gasteiger charge is 1.99. The quantitative estimate of drug-likeness (QED) is 0.532. The molecule has 0 aliphatic carbocycles. The molecule has 0 amide bonds. The van der Waals surface area contributed by atoms with E-state index >= 15 is 0 Å². The first-order valence-corrected chi connectivity index (χ1v) is 7.75. The van der Waals surface area contributed by atoms with Gasteiger partial charge in [-0.15, -0.1) is 0 Å². The average Bonchev–Trinajstić information content (AvgIpc) is 2.66. The van der Waals surface area contributed by atoms with Crippen molar-refractivity contribution in [1.82, 2.24) is 9.78 Å². The molecule has 0 spiro atoms. The Morgan fingerprint density at radius 3 is 1.94 bits per heavy atom. The van der Waals surface area contributed by atoms with Crippen LogP contribution in [0.3, 0.4) is 0 Å². The summed E-state index contributed by atoms with van der Waals surface area (Å²) >= 11 is 0. The van der Waals surface area contributed by atoms with Crippen molar-refractivity contribution in [3.63, 3.8) is 0 Å². The predicted molar refractivity (Wildman–Crippen MR) is 78.9 cm³/mol. The number of nitrogens with zero attached hydrogens (tertiary/aromatic N) is 2. The van der Waals surface area contributed by atoms with Crippen LogP contribution < -0.4 is 0 Å². The first-order valence-electron chi connectivity index (χ1n) is 7.75. The maximum Gasteiger partial charge on any atom is 0.0596 e. The molecule has 18 heavy (non-hydrogen) atoms. The standard InChI is InChI=1S/C16H30N2/c1-4-5-6-7-8-9-10-11-12-13-18-16(3)14-15(2)17-18/h14H,4-13H2,1-3H3. The van der Waals surface area contributed by atoms with E-state index in [1.807, 2.05) is 0 Å². The van der Waals surface area contributed by atoms with E-state index in [9.17, 15) is 0 Å². The summed E-state index contributed by atoms with van der Waals surface area (Å²) in [6.45, 7) is 7.59. The lowest BCUT2D eigenvalue weighted by Crippen LogP contribution is -2.02. The Bertz CT molecular complexity index is 315. The van der Waals surface area contributed by atoms with Crippen LogP contribution in [0.25, 0.3) is 0 Å². The van der Waals surface area contributed by atoms with Gasteiger partial charge >= 0.3 is 0 Å². The molecule has 0 fully saturated rings. The molecule has 2 heteroatoms. The lowest BCUT2D eigenvalue weighted by atomic mass is 10.1. The molecule has 0 aliphatic heterocycles. The molecule has 1 rings (SSSR count). The Labute approximate surface area is 113 Å². The van der Waals surface area contributed by atoms with Gasteiger partial charge in [-0.2, -0.15) is 5.10 Å². The van der Waals surface area contributed by atoms with Gasteiger partial charge < -0.3 is 0 Å². The van der Waals surface area contributed by atoms with Gasteiger partial charge in [-0.1, -0.05) is 58.3 Å². The lowest BCUT2D eigenvalue weighted by Gasteiger charge is -2.04. The third kappa shape index (κ3) is 6.23. The van der Waals surface area contributed by atoms with Gasteiger partial charge in [0.05, 0.1) is 5.69 Å². The molecule has 0 atom stereocenters. The molecule has 0 bridgehead atoms. The lowest BCUT2D eigenvalue weighted by molar-refractivity contribution is 0.510. The van der Waals surface area contributed by atoms with Crippen molar-refractivity contribution in [2.75, 3.05) is 0 Å². The van der Waals surface area contributed by atoms with E-state index in [2.05, 4.69) is 36.6 Å². The third-order valence-corrected chi connectivity index (χ3v) is 3.58. The molecule has 0 aliphatic rings. The van der Waals surface area contributed by atoms with E-state index in [1.165, 1.54) is 63.5 Å². The number of aromatic nitrogens is 2. The van der Waals surface area contributed by atoms with Crippen LogP contribution in [-0.4, -0.2) is 9.78 Å². The first-order chi connectivity index (χ1) is 8.74. The summed E-state index contributed by atoms with van der Waals surface area (Å²) < 4.78 is 2.15. The molecule has 104 valence electrons. The highest BCUT2D eigenvalue weighted by atomic mass is 15.3. The van der Waals surface area contributed by atoms with Gasteiger partial charge in [0.1, 0.15) is 0 Å². The monoisotopic (exact) mass is 250 g/mol. The van der Waals surface area contributed by atoms with Crippen molar-refractivity contribution < 1.29 is 0 Å². The zero-order valence-corrected chi connectivity index (χ0v) is 12.5. The smallest absolute Gasteiger partial charge is 0.0596 e. The van der Waals surface area contributed by atoms with Gasteiger partial charge in [0.25, 0.3) is 0 Å². The molecule has 2 nitrogen and oxygen atoms in total. The molecule has 0 radical (unpaired) electrons. The normalized spacial score (nSPS) is 11.1. The molecule has 0 aromatic carbocycles. The van der Waals surface area contributed by atoms with Crippen molar-refractivity contribution in [3.05, 3.63) is 17.5 Å². The summed E-state index contributed by atoms with van der Waals surface area (Å²) in [5.41, 5.74) is 2.44. The maximum absolute atomic E-state index is 4.49. The average molecular weight is 250 g/mol. The van der Waals surface area contributed by atoms with E-state index in [1.54, 1.807) is 0 Å². The van der Waals surface area contributed by atoms with Crippen LogP contribution in [0.15, 0.2) is 6.07 Å². The highest BCUT2D eigenvalue weighted by molar-refractivity contribution is 5.06. The van der Waals surface area contributed by atoms with Gasteiger partial charge in [0.15, 0.2) is 0 Å². The first kappa shape index (κ1) is 15.3. The second-order valence-corrected chi connectivity index (χ2v) is 5.48. The minimum atomic E-state index is 1.09. The predicted octanol–water partition coefficient (Wildman–Crippen LogP) is 5.03. The van der Waals surface area contributed by atoms with Crippen molar-refractivity contribution >= 4 is 0 Å². The molecule has 1 heterocycles. The number of unbranched alkanes of at least 4 members (excludes halogenated alkanes) is 8. The Balaban J connectivity index is 1.94.